The highest BCUT2D eigenvalue weighted by molar-refractivity contribution is 6.34. The maximum absolute atomic E-state index is 12.9. The Morgan fingerprint density at radius 2 is 1.16 bits per heavy atom. The Morgan fingerprint density at radius 1 is 0.667 bits per heavy atom. The van der Waals surface area contributed by atoms with Crippen LogP contribution in [0, 0.1) is 13.8 Å². The molecule has 0 bridgehead atoms. The number of alkyl halides is 1. The van der Waals surface area contributed by atoms with Gasteiger partial charge in [0.1, 0.15) is 48.0 Å². The van der Waals surface area contributed by atoms with Crippen molar-refractivity contribution in [3.05, 3.63) is 105 Å². The number of aromatic nitrogens is 8. The fourth-order valence-corrected chi connectivity index (χ4v) is 7.69. The number of ether oxygens (including phenoxy) is 2. The number of methoxy groups -OCH3 is 2. The van der Waals surface area contributed by atoms with Crippen molar-refractivity contribution in [3.8, 4) is 34.3 Å². The lowest BCUT2D eigenvalue weighted by Crippen LogP contribution is -2.49. The number of halogens is 5. The molecule has 1 N–H and O–H groups in total. The van der Waals surface area contributed by atoms with E-state index in [-0.39, 0.29) is 24.2 Å². The quantitative estimate of drug-likeness (QED) is 0.143. The van der Waals surface area contributed by atoms with Crippen molar-refractivity contribution in [1.82, 2.24) is 49.7 Å². The van der Waals surface area contributed by atoms with E-state index in [0.29, 0.717) is 74.9 Å². The molecule has 16 nitrogen and oxygen atoms in total. The van der Waals surface area contributed by atoms with Crippen molar-refractivity contribution in [2.24, 2.45) is 0 Å². The maximum atomic E-state index is 12.9. The van der Waals surface area contributed by atoms with Crippen molar-refractivity contribution in [1.29, 1.82) is 0 Å². The summed E-state index contributed by atoms with van der Waals surface area (Å²) in [5.74, 6) is 1.36. The normalized spacial score (nSPS) is 13.7. The molecule has 6 heterocycles. The van der Waals surface area contributed by atoms with Crippen LogP contribution < -0.4 is 19.3 Å². The van der Waals surface area contributed by atoms with Crippen LogP contribution in [0.1, 0.15) is 11.4 Å². The van der Waals surface area contributed by atoms with Crippen LogP contribution in [-0.4, -0.2) is 134 Å². The first-order valence-corrected chi connectivity index (χ1v) is 21.7. The van der Waals surface area contributed by atoms with E-state index in [4.69, 9.17) is 67.5 Å². The second-order valence-electron chi connectivity index (χ2n) is 14.1. The predicted molar refractivity (Wildman–Crippen MR) is 247 cm³/mol. The Hall–Kier alpha value is -5.39. The molecule has 0 aliphatic carbocycles. The largest absolute Gasteiger partial charge is 0.495 e. The number of piperazine rings is 2. The lowest BCUT2D eigenvalue weighted by Gasteiger charge is -2.36. The summed E-state index contributed by atoms with van der Waals surface area (Å²) in [6, 6.07) is 14.9. The number of carbonyl (C=O) groups is 2. The Bertz CT molecular complexity index is 2460. The standard InChI is InChI=1S/C21H22Cl2N6O2.C13H16Cl2N2O2.C8H7ClN4/c1-14-20(23)21(17-5-6-24-13-25-17)26-29(14)12-19(30)28-9-7-27(8-10-28)15-3-4-16(22)18(11-15)31-2;1-19-12-8-10(2-3-11(12)15)16-4-6-17(7-5-16)13(18)9-14;1-5-7(9)8(13-12-5)6-2-3-10-4-11-6/h3-6,11,13H,7-10,12H2,1-2H3;2-3,8H,4-7,9H2,1H3;2-4H,1H3,(H,12,13). The molecule has 2 aliphatic rings. The lowest BCUT2D eigenvalue weighted by molar-refractivity contribution is -0.132. The number of hydrogen-bond donors (Lipinski definition) is 1. The third-order valence-electron chi connectivity index (χ3n) is 10.3. The molecule has 2 aromatic carbocycles. The van der Waals surface area contributed by atoms with Gasteiger partial charge in [0, 0.05) is 88.3 Å². The lowest BCUT2D eigenvalue weighted by atomic mass is 10.2. The Kier molecular flexibility index (Phi) is 16.7. The summed E-state index contributed by atoms with van der Waals surface area (Å²) in [7, 11) is 3.20. The number of anilines is 2. The minimum atomic E-state index is -0.00463. The summed E-state index contributed by atoms with van der Waals surface area (Å²) in [6.45, 7) is 9.48. The summed E-state index contributed by atoms with van der Waals surface area (Å²) in [6.07, 6.45) is 6.20. The number of amides is 2. The molecule has 0 radical (unpaired) electrons. The fourth-order valence-electron chi connectivity index (χ4n) is 6.72. The molecule has 8 rings (SSSR count). The van der Waals surface area contributed by atoms with Gasteiger partial charge in [-0.15, -0.1) is 11.6 Å². The van der Waals surface area contributed by atoms with Crippen molar-refractivity contribution in [2.45, 2.75) is 20.4 Å². The van der Waals surface area contributed by atoms with E-state index in [9.17, 15) is 9.59 Å². The molecule has 0 spiro atoms. The zero-order chi connectivity index (χ0) is 45.0. The number of aromatic amines is 1. The highest BCUT2D eigenvalue weighted by atomic mass is 35.5. The number of carbonyl (C=O) groups excluding carboxylic acids is 2. The molecule has 332 valence electrons. The van der Waals surface area contributed by atoms with Crippen molar-refractivity contribution in [3.63, 3.8) is 0 Å². The smallest absolute Gasteiger partial charge is 0.244 e. The number of nitrogens with one attached hydrogen (secondary N) is 1. The van der Waals surface area contributed by atoms with Crippen LogP contribution in [0.3, 0.4) is 0 Å². The first kappa shape index (κ1) is 47.1. The van der Waals surface area contributed by atoms with Crippen molar-refractivity contribution < 1.29 is 19.1 Å². The number of hydrogen-bond acceptors (Lipinski definition) is 12. The highest BCUT2D eigenvalue weighted by Gasteiger charge is 2.25. The average molecular weight is 959 g/mol. The topological polar surface area (TPSA) is 164 Å². The van der Waals surface area contributed by atoms with Crippen LogP contribution in [0.25, 0.3) is 22.8 Å². The summed E-state index contributed by atoms with van der Waals surface area (Å²) in [5, 5.41) is 13.6. The molecular weight excluding hydrogens is 914 g/mol. The van der Waals surface area contributed by atoms with Gasteiger partial charge < -0.3 is 29.1 Å². The van der Waals surface area contributed by atoms with E-state index in [1.165, 1.54) is 12.7 Å². The Balaban J connectivity index is 0.000000175. The average Bonchev–Trinajstić information content (AvgIpc) is 3.81. The molecule has 0 saturated carbocycles. The van der Waals surface area contributed by atoms with E-state index in [1.807, 2.05) is 55.1 Å². The van der Waals surface area contributed by atoms with E-state index in [2.05, 4.69) is 45.0 Å². The van der Waals surface area contributed by atoms with Gasteiger partial charge in [0.15, 0.2) is 0 Å². The zero-order valence-corrected chi connectivity index (χ0v) is 38.7. The summed E-state index contributed by atoms with van der Waals surface area (Å²) < 4.78 is 12.2. The third kappa shape index (κ3) is 11.8. The van der Waals surface area contributed by atoms with Crippen LogP contribution in [0.15, 0.2) is 73.6 Å². The van der Waals surface area contributed by atoms with Crippen LogP contribution in [0.2, 0.25) is 20.1 Å². The molecule has 2 saturated heterocycles. The van der Waals surface area contributed by atoms with Gasteiger partial charge in [-0.3, -0.25) is 19.4 Å². The third-order valence-corrected chi connectivity index (χ3v) is 12.1. The molecule has 4 aromatic heterocycles. The molecule has 0 unspecified atom stereocenters. The van der Waals surface area contributed by atoms with Crippen LogP contribution >= 0.6 is 58.0 Å². The summed E-state index contributed by atoms with van der Waals surface area (Å²) in [5.41, 5.74) is 6.23. The number of nitrogens with zero attached hydrogens (tertiary/aromatic N) is 11. The molecule has 2 fully saturated rings. The second-order valence-corrected chi connectivity index (χ2v) is 16.0. The van der Waals surface area contributed by atoms with Gasteiger partial charge in [0.2, 0.25) is 11.8 Å². The van der Waals surface area contributed by atoms with Crippen molar-refractivity contribution >= 4 is 81.2 Å². The number of aryl methyl sites for hydroxylation is 1. The van der Waals surface area contributed by atoms with E-state index < -0.39 is 0 Å². The Labute approximate surface area is 390 Å². The molecule has 2 aliphatic heterocycles. The van der Waals surface area contributed by atoms with Gasteiger partial charge in [-0.25, -0.2) is 19.9 Å². The van der Waals surface area contributed by atoms with Crippen LogP contribution in [0.4, 0.5) is 11.4 Å². The molecular formula is C42H45Cl5N12O4. The van der Waals surface area contributed by atoms with Crippen molar-refractivity contribution in [2.75, 3.05) is 82.3 Å². The number of benzene rings is 2. The van der Waals surface area contributed by atoms with Gasteiger partial charge in [-0.1, -0.05) is 46.4 Å². The molecule has 2 amide bonds. The fraction of sp³-hybridized carbons (Fsp3) is 0.333. The van der Waals surface area contributed by atoms with Gasteiger partial charge in [-0.2, -0.15) is 10.2 Å². The molecule has 6 aromatic rings. The van der Waals surface area contributed by atoms with Crippen LogP contribution in [0.5, 0.6) is 11.5 Å². The van der Waals surface area contributed by atoms with E-state index >= 15 is 0 Å². The molecule has 0 atom stereocenters. The summed E-state index contributed by atoms with van der Waals surface area (Å²) in [4.78, 5) is 48.4. The number of rotatable bonds is 9. The number of H-pyrrole nitrogens is 1. The monoisotopic (exact) mass is 956 g/mol. The van der Waals surface area contributed by atoms with E-state index in [1.54, 1.807) is 48.3 Å². The second kappa shape index (κ2) is 22.3. The molecule has 63 heavy (non-hydrogen) atoms. The van der Waals surface area contributed by atoms with Crippen LogP contribution in [-0.2, 0) is 16.1 Å². The first-order valence-electron chi connectivity index (χ1n) is 19.7. The van der Waals surface area contributed by atoms with Gasteiger partial charge in [-0.05, 0) is 50.2 Å². The molecule has 21 heteroatoms. The maximum Gasteiger partial charge on any atom is 0.244 e. The zero-order valence-electron chi connectivity index (χ0n) is 34.9. The minimum absolute atomic E-state index is 0.00448. The minimum Gasteiger partial charge on any atom is -0.495 e. The van der Waals surface area contributed by atoms with Gasteiger partial charge in [0.05, 0.1) is 57.1 Å². The van der Waals surface area contributed by atoms with Gasteiger partial charge in [0.25, 0.3) is 0 Å². The predicted octanol–water partition coefficient (Wildman–Crippen LogP) is 7.38. The Morgan fingerprint density at radius 3 is 1.59 bits per heavy atom. The summed E-state index contributed by atoms with van der Waals surface area (Å²) >= 11 is 30.1. The van der Waals surface area contributed by atoms with E-state index in [0.717, 1.165) is 54.6 Å². The SMILES string of the molecule is COc1cc(N2CCN(C(=O)CCl)CC2)ccc1Cl.COc1cc(N2CCN(C(=O)Cn3nc(-c4ccncn4)c(Cl)c3C)CC2)ccc1Cl.Cc1[nH]nc(-c2ccncn2)c1Cl. The van der Waals surface area contributed by atoms with Gasteiger partial charge >= 0.3 is 0 Å². The highest BCUT2D eigenvalue weighted by Crippen LogP contribution is 2.32. The first-order chi connectivity index (χ1) is 30.4.